The van der Waals surface area contributed by atoms with Crippen LogP contribution in [-0.4, -0.2) is 25.5 Å². The van der Waals surface area contributed by atoms with Crippen molar-refractivity contribution < 1.29 is 9.32 Å². The second kappa shape index (κ2) is 3.50. The summed E-state index contributed by atoms with van der Waals surface area (Å²) in [4.78, 5) is 22.0. The molecule has 6 fully saturated rings. The summed E-state index contributed by atoms with van der Waals surface area (Å²) in [6, 6.07) is 6.07. The number of hydrogen-bond acceptors (Lipinski definition) is 5. The monoisotopic (exact) mass is 344 g/mol. The maximum absolute atomic E-state index is 12.8. The molecule has 3 aromatic rings. The molecule has 8 atom stereocenters. The molecule has 9 rings (SSSR count). The Balaban J connectivity index is 1.25. The van der Waals surface area contributed by atoms with Crippen LogP contribution in [0.5, 0.6) is 0 Å². The molecule has 6 heteroatoms. The Hall–Kier alpha value is -2.50. The molecule has 4 bridgehead atoms. The van der Waals surface area contributed by atoms with Crippen molar-refractivity contribution in [3.05, 3.63) is 30.4 Å². The molecule has 6 nitrogen and oxygen atoms in total. The van der Waals surface area contributed by atoms with Gasteiger partial charge < -0.3 is 9.09 Å². The smallest absolute Gasteiger partial charge is 0.234 e. The third-order valence-electron chi connectivity index (χ3n) is 8.64. The Morgan fingerprint density at radius 2 is 2.19 bits per heavy atom. The number of fused-ring (bicyclic) bond motifs is 1. The first kappa shape index (κ1) is 12.8. The van der Waals surface area contributed by atoms with Gasteiger partial charge in [0.2, 0.25) is 11.7 Å². The van der Waals surface area contributed by atoms with E-state index in [1.807, 2.05) is 36.1 Å². The van der Waals surface area contributed by atoms with Gasteiger partial charge in [-0.2, -0.15) is 4.98 Å². The molecule has 0 aliphatic heterocycles. The molecule has 2 aromatic heterocycles. The summed E-state index contributed by atoms with van der Waals surface area (Å²) < 4.78 is 7.79. The predicted molar refractivity (Wildman–Crippen MR) is 89.7 cm³/mol. The third-order valence-corrected chi connectivity index (χ3v) is 8.64. The number of nitrogens with zero attached hydrogens (tertiary/aromatic N) is 4. The van der Waals surface area contributed by atoms with Crippen LogP contribution in [0.3, 0.4) is 0 Å². The summed E-state index contributed by atoms with van der Waals surface area (Å²) in [6.07, 6.45) is 3.08. The summed E-state index contributed by atoms with van der Waals surface area (Å²) in [7, 11) is 1.98. The first-order valence-corrected chi connectivity index (χ1v) is 9.50. The van der Waals surface area contributed by atoms with Crippen LogP contribution in [0.25, 0.3) is 22.4 Å². The number of aryl methyl sites for hydroxylation is 1. The largest absolute Gasteiger partial charge is 0.338 e. The maximum Gasteiger partial charge on any atom is 0.234 e. The number of carbonyl (C=O) groups excluding carboxylic acids is 1. The highest BCUT2D eigenvalue weighted by Crippen LogP contribution is 2.92. The average Bonchev–Trinajstić information content (AvgIpc) is 3.40. The molecule has 0 saturated heterocycles. The summed E-state index contributed by atoms with van der Waals surface area (Å²) in [5, 5.41) is 4.28. The average molecular weight is 344 g/mol. The molecule has 0 spiro atoms. The molecule has 6 aliphatic rings. The van der Waals surface area contributed by atoms with Crippen molar-refractivity contribution in [2.45, 2.75) is 11.8 Å². The predicted octanol–water partition coefficient (Wildman–Crippen LogP) is 2.20. The van der Waals surface area contributed by atoms with Crippen molar-refractivity contribution in [1.29, 1.82) is 0 Å². The van der Waals surface area contributed by atoms with Gasteiger partial charge in [-0.15, -0.1) is 0 Å². The number of aromatic nitrogens is 4. The summed E-state index contributed by atoms with van der Waals surface area (Å²) in [5.41, 5.74) is 2.84. The zero-order valence-electron chi connectivity index (χ0n) is 14.2. The molecule has 6 saturated carbocycles. The van der Waals surface area contributed by atoms with Gasteiger partial charge in [0.25, 0.3) is 0 Å². The quantitative estimate of drug-likeness (QED) is 0.712. The minimum Gasteiger partial charge on any atom is -0.338 e. The SMILES string of the molecule is Cn1cnc2cc(-c3noc(C45C6C(=O)C7C8CC(C74)C5C86)n3)ccc21. The lowest BCUT2D eigenvalue weighted by Gasteiger charge is -2.69. The minimum atomic E-state index is -0.0928. The molecule has 8 unspecified atom stereocenters. The van der Waals surface area contributed by atoms with Crippen molar-refractivity contribution in [3.8, 4) is 11.4 Å². The Bertz CT molecular complexity index is 1180. The van der Waals surface area contributed by atoms with Gasteiger partial charge in [-0.05, 0) is 54.2 Å². The number of hydrogen-bond donors (Lipinski definition) is 0. The molecular formula is C20H16N4O2. The van der Waals surface area contributed by atoms with Gasteiger partial charge in [0.15, 0.2) is 0 Å². The first-order chi connectivity index (χ1) is 12.7. The summed E-state index contributed by atoms with van der Waals surface area (Å²) in [5.74, 6) is 5.53. The van der Waals surface area contributed by atoms with E-state index in [1.165, 1.54) is 6.42 Å². The van der Waals surface area contributed by atoms with Crippen molar-refractivity contribution in [1.82, 2.24) is 19.7 Å². The Morgan fingerprint density at radius 1 is 1.27 bits per heavy atom. The van der Waals surface area contributed by atoms with Gasteiger partial charge in [-0.1, -0.05) is 5.16 Å². The van der Waals surface area contributed by atoms with E-state index in [1.54, 1.807) is 0 Å². The molecule has 1 aromatic carbocycles. The fourth-order valence-corrected chi connectivity index (χ4v) is 8.19. The third kappa shape index (κ3) is 0.970. The molecule has 0 amide bonds. The van der Waals surface area contributed by atoms with Gasteiger partial charge in [0, 0.05) is 24.4 Å². The zero-order chi connectivity index (χ0) is 16.9. The van der Waals surface area contributed by atoms with Crippen molar-refractivity contribution in [2.24, 2.45) is 48.5 Å². The van der Waals surface area contributed by atoms with E-state index < -0.39 is 0 Å². The second-order valence-corrected chi connectivity index (χ2v) is 9.01. The topological polar surface area (TPSA) is 73.8 Å². The molecule has 2 heterocycles. The van der Waals surface area contributed by atoms with Crippen LogP contribution < -0.4 is 0 Å². The van der Waals surface area contributed by atoms with E-state index in [0.29, 0.717) is 41.2 Å². The highest BCUT2D eigenvalue weighted by atomic mass is 16.5. The van der Waals surface area contributed by atoms with Crippen LogP contribution in [0.15, 0.2) is 29.0 Å². The van der Waals surface area contributed by atoms with Gasteiger partial charge in [-0.25, -0.2) is 4.98 Å². The summed E-state index contributed by atoms with van der Waals surface area (Å²) in [6.45, 7) is 0. The molecule has 128 valence electrons. The van der Waals surface area contributed by atoms with Crippen molar-refractivity contribution >= 4 is 16.8 Å². The van der Waals surface area contributed by atoms with Crippen LogP contribution in [0.1, 0.15) is 12.3 Å². The Kier molecular flexibility index (Phi) is 1.72. The minimum absolute atomic E-state index is 0.0928. The number of Topliss-reactive ketones (excluding diaryl/α,β-unsaturated/α-hetero) is 1. The lowest BCUT2D eigenvalue weighted by molar-refractivity contribution is -0.214. The Morgan fingerprint density at radius 3 is 3.08 bits per heavy atom. The van der Waals surface area contributed by atoms with Gasteiger partial charge >= 0.3 is 0 Å². The molecular weight excluding hydrogens is 328 g/mol. The lowest BCUT2D eigenvalue weighted by atomic mass is 9.32. The number of carbonyl (C=O) groups is 1. The van der Waals surface area contributed by atoms with Crippen LogP contribution >= 0.6 is 0 Å². The number of imidazole rings is 1. The number of ketones is 1. The maximum atomic E-state index is 12.8. The van der Waals surface area contributed by atoms with Gasteiger partial charge in [0.05, 0.1) is 22.8 Å². The van der Waals surface area contributed by atoms with Crippen LogP contribution in [0, 0.1) is 41.4 Å². The Labute approximate surface area is 148 Å². The van der Waals surface area contributed by atoms with Crippen LogP contribution in [0.4, 0.5) is 0 Å². The highest BCUT2D eigenvalue weighted by molar-refractivity contribution is 5.96. The van der Waals surface area contributed by atoms with E-state index in [9.17, 15) is 4.79 Å². The van der Waals surface area contributed by atoms with E-state index in [0.717, 1.165) is 28.4 Å². The molecule has 0 N–H and O–H groups in total. The number of benzene rings is 1. The van der Waals surface area contributed by atoms with Crippen LogP contribution in [-0.2, 0) is 17.3 Å². The van der Waals surface area contributed by atoms with E-state index in [4.69, 9.17) is 9.51 Å². The van der Waals surface area contributed by atoms with Crippen molar-refractivity contribution in [2.75, 3.05) is 0 Å². The van der Waals surface area contributed by atoms with Gasteiger partial charge in [-0.3, -0.25) is 4.79 Å². The van der Waals surface area contributed by atoms with E-state index in [-0.39, 0.29) is 11.3 Å². The normalized spacial score (nSPS) is 45.6. The van der Waals surface area contributed by atoms with Crippen LogP contribution in [0.2, 0.25) is 0 Å². The molecule has 6 aliphatic carbocycles. The fraction of sp³-hybridized carbons (Fsp3) is 0.500. The number of rotatable bonds is 2. The van der Waals surface area contributed by atoms with Gasteiger partial charge in [0.1, 0.15) is 5.78 Å². The second-order valence-electron chi connectivity index (χ2n) is 9.01. The summed E-state index contributed by atoms with van der Waals surface area (Å²) >= 11 is 0. The van der Waals surface area contributed by atoms with Crippen molar-refractivity contribution in [3.63, 3.8) is 0 Å². The molecule has 26 heavy (non-hydrogen) atoms. The van der Waals surface area contributed by atoms with E-state index in [2.05, 4.69) is 10.1 Å². The van der Waals surface area contributed by atoms with E-state index >= 15 is 0 Å². The fourth-order valence-electron chi connectivity index (χ4n) is 8.19. The molecule has 0 radical (unpaired) electrons. The standard InChI is InChI=1S/C20H16N4O2/c1-24-6-21-10-4-7(2-3-11(10)24)18-22-19(26-23-18)20-14-9-5-8-12(14)16(20)17(25)13(8)15(9)20/h2-4,6,8-9,12-16H,5H2,1H3. The highest BCUT2D eigenvalue weighted by Gasteiger charge is 2.95. The first-order valence-electron chi connectivity index (χ1n) is 9.50. The zero-order valence-corrected chi connectivity index (χ0v) is 14.2. The lowest BCUT2D eigenvalue weighted by Crippen LogP contribution is -2.73.